The van der Waals surface area contributed by atoms with Gasteiger partial charge in [-0.3, -0.25) is 24.0 Å². The second-order valence-electron chi connectivity index (χ2n) is 21.0. The number of benzene rings is 7. The van der Waals surface area contributed by atoms with Gasteiger partial charge in [0, 0.05) is 22.4 Å². The summed E-state index contributed by atoms with van der Waals surface area (Å²) < 4.78 is 23.8. The Balaban J connectivity index is 0.000000205. The molecule has 6 N–H and O–H groups in total. The molecular weight excluding hydrogens is 1110 g/mol. The Kier molecular flexibility index (Phi) is 19.5. The lowest BCUT2D eigenvalue weighted by molar-refractivity contribution is -0.295. The van der Waals surface area contributed by atoms with E-state index in [1.807, 2.05) is 150 Å². The first-order chi connectivity index (χ1) is 40.6. The van der Waals surface area contributed by atoms with Gasteiger partial charge in [0.25, 0.3) is 5.91 Å². The van der Waals surface area contributed by atoms with Gasteiger partial charge < -0.3 is 55.1 Å². The van der Waals surface area contributed by atoms with Crippen molar-refractivity contribution in [1.82, 2.24) is 16.0 Å². The smallest absolute Gasteiger partial charge is 0.341 e. The number of rotatable bonds is 23. The van der Waals surface area contributed by atoms with Crippen molar-refractivity contribution < 1.29 is 63.0 Å². The lowest BCUT2D eigenvalue weighted by atomic mass is 9.74. The van der Waals surface area contributed by atoms with Crippen LogP contribution in [0.25, 0.3) is 0 Å². The van der Waals surface area contributed by atoms with Crippen LogP contribution in [0.4, 0.5) is 5.69 Å². The first-order valence-electron chi connectivity index (χ1n) is 27.1. The third-order valence-corrected chi connectivity index (χ3v) is 17.1. The number of nitrogens with one attached hydrogen (secondary N) is 3. The number of ether oxygens (including phenoxy) is 4. The van der Waals surface area contributed by atoms with E-state index in [4.69, 9.17) is 29.2 Å². The summed E-state index contributed by atoms with van der Waals surface area (Å²) in [6.07, 6.45) is -0.736. The van der Waals surface area contributed by atoms with E-state index in [9.17, 15) is 33.9 Å². The van der Waals surface area contributed by atoms with Gasteiger partial charge in [0.15, 0.2) is 13.2 Å². The predicted octanol–water partition coefficient (Wildman–Crippen LogP) is 8.60. The van der Waals surface area contributed by atoms with Crippen LogP contribution in [0.3, 0.4) is 0 Å². The van der Waals surface area contributed by atoms with Crippen LogP contribution >= 0.6 is 23.5 Å². The summed E-state index contributed by atoms with van der Waals surface area (Å²) >= 11 is 2.93. The maximum Gasteiger partial charge on any atom is 0.341 e. The zero-order valence-electron chi connectivity index (χ0n) is 46.1. The Bertz CT molecular complexity index is 3360. The normalized spacial score (nSPS) is 19.9. The molecule has 19 heteroatoms. The molecule has 17 nitrogen and oxygen atoms in total. The van der Waals surface area contributed by atoms with Crippen molar-refractivity contribution in [1.29, 1.82) is 0 Å². The highest BCUT2D eigenvalue weighted by molar-refractivity contribution is 8.01. The highest BCUT2D eigenvalue weighted by atomic mass is 32.2. The van der Waals surface area contributed by atoms with Crippen LogP contribution in [0.2, 0.25) is 0 Å². The van der Waals surface area contributed by atoms with Crippen molar-refractivity contribution in [3.8, 4) is 11.5 Å². The Morgan fingerprint density at radius 3 is 1.71 bits per heavy atom. The number of para-hydroxylation sites is 1. The standard InChI is InChI=1S/C35H33N3O7S.C30H31NO6S/c39-28(23-10-4-1-5-11-23)22-46-32-34(44)38-35(32,25-14-8-3-9-15-25)26-16-18-27(19-17-26)45-21-29(40)37-31(24-12-6-2-7-13-24)33(43)36-20-30(41)42;1-29(2)18-36-30(37-19-29,22-9-5-3-6-10-22)20-38-27-26(31(28(27)34)23-11-7-4-8-12-23)21-13-15-24(16-14-21)35-17-25(32)33/h1-19,28,31-32,39H,20-22H2,(H,36,43)(H,37,40)(H,38,44)(H,41,42);3-16,26-27H,17-20H2,1-2H3,(H,32,33)/t28?,31-,32+,35-;26-,27-/m11/s1. The number of aliphatic hydroxyl groups excluding tert-OH is 1. The van der Waals surface area contributed by atoms with Gasteiger partial charge in [-0.25, -0.2) is 4.79 Å². The topological polar surface area (TPSA) is 239 Å². The summed E-state index contributed by atoms with van der Waals surface area (Å²) in [6, 6.07) is 59.9. The van der Waals surface area contributed by atoms with E-state index in [1.165, 1.54) is 11.8 Å². The summed E-state index contributed by atoms with van der Waals surface area (Å²) in [5, 5.41) is 35.8. The van der Waals surface area contributed by atoms with Crippen LogP contribution in [0.5, 0.6) is 11.5 Å². The number of carbonyl (C=O) groups is 6. The predicted molar refractivity (Wildman–Crippen MR) is 319 cm³/mol. The number of hydrogen-bond donors (Lipinski definition) is 6. The van der Waals surface area contributed by atoms with Crippen LogP contribution in [0.15, 0.2) is 200 Å². The molecule has 0 spiro atoms. The fraction of sp³-hybridized carbons (Fsp3) is 0.262. The summed E-state index contributed by atoms with van der Waals surface area (Å²) in [5.41, 5.74) is 4.73. The average Bonchev–Trinajstić information content (AvgIpc) is 2.83. The number of amides is 4. The molecule has 0 aromatic heterocycles. The van der Waals surface area contributed by atoms with Gasteiger partial charge in [0.2, 0.25) is 23.5 Å². The molecule has 0 radical (unpaired) electrons. The SMILES string of the molecule is CC1(C)COC(CS[C@H]2C(=O)N(c3ccccc3)[C@@H]2c2ccc(OCC(=O)O)cc2)(c2ccccc2)OC1.O=C(O)CNC(=O)[C@H](NC(=O)COc1ccc([C@@]2(c3ccccc3)NC(=O)[C@@H]2SCC(O)c2ccccc2)cc1)c1ccccc1. The number of anilines is 1. The molecule has 10 rings (SSSR count). The number of carbonyl (C=O) groups excluding carboxylic acids is 4. The minimum Gasteiger partial charge on any atom is -0.484 e. The van der Waals surface area contributed by atoms with Crippen LogP contribution in [-0.4, -0.2) is 106 Å². The number of aliphatic hydroxyl groups is 1. The molecule has 0 saturated carbocycles. The third kappa shape index (κ3) is 14.3. The number of carboxylic acids is 2. The van der Waals surface area contributed by atoms with E-state index in [2.05, 4.69) is 29.8 Å². The van der Waals surface area contributed by atoms with Crippen molar-refractivity contribution in [2.45, 2.75) is 53.9 Å². The minimum atomic E-state index is -1.21. The summed E-state index contributed by atoms with van der Waals surface area (Å²) in [6.45, 7) is 3.94. The largest absolute Gasteiger partial charge is 0.484 e. The molecule has 3 heterocycles. The van der Waals surface area contributed by atoms with Crippen molar-refractivity contribution in [3.63, 3.8) is 0 Å². The number of thioether (sulfide) groups is 2. The molecule has 7 aromatic carbocycles. The lowest BCUT2D eigenvalue weighted by Gasteiger charge is -2.50. The second kappa shape index (κ2) is 27.3. The lowest BCUT2D eigenvalue weighted by Crippen LogP contribution is -2.69. The molecular formula is C65H64N4O13S2. The molecule has 434 valence electrons. The molecule has 84 heavy (non-hydrogen) atoms. The van der Waals surface area contributed by atoms with Crippen molar-refractivity contribution in [3.05, 3.63) is 234 Å². The van der Waals surface area contributed by atoms with Gasteiger partial charge in [0.05, 0.1) is 31.1 Å². The zero-order valence-corrected chi connectivity index (χ0v) is 47.7. The first-order valence-corrected chi connectivity index (χ1v) is 29.2. The fourth-order valence-corrected chi connectivity index (χ4v) is 12.8. The molecule has 3 saturated heterocycles. The van der Waals surface area contributed by atoms with Gasteiger partial charge in [-0.05, 0) is 64.2 Å². The average molecular weight is 1170 g/mol. The van der Waals surface area contributed by atoms with Crippen LogP contribution in [-0.2, 0) is 49.6 Å². The second-order valence-corrected chi connectivity index (χ2v) is 23.2. The van der Waals surface area contributed by atoms with E-state index in [0.717, 1.165) is 33.5 Å². The third-order valence-electron chi connectivity index (χ3n) is 14.3. The number of carboxylic acid groups (broad SMARTS) is 2. The fourth-order valence-electron chi connectivity index (χ4n) is 9.96. The van der Waals surface area contributed by atoms with Crippen molar-refractivity contribution in [2.75, 3.05) is 49.4 Å². The van der Waals surface area contributed by atoms with E-state index in [0.29, 0.717) is 41.8 Å². The van der Waals surface area contributed by atoms with Crippen LogP contribution in [0.1, 0.15) is 65.4 Å². The van der Waals surface area contributed by atoms with E-state index >= 15 is 0 Å². The molecule has 4 amide bonds. The Labute approximate surface area is 495 Å². The summed E-state index contributed by atoms with van der Waals surface area (Å²) in [5.74, 6) is -2.88. The molecule has 7 aromatic rings. The molecule has 1 unspecified atom stereocenters. The van der Waals surface area contributed by atoms with Crippen LogP contribution < -0.4 is 30.3 Å². The zero-order chi connectivity index (χ0) is 59.3. The number of β-lactam (4-membered cyclic amide) rings is 2. The summed E-state index contributed by atoms with van der Waals surface area (Å²) in [7, 11) is 0. The Hall–Kier alpha value is -8.46. The van der Waals surface area contributed by atoms with E-state index < -0.39 is 72.2 Å². The maximum absolute atomic E-state index is 13.5. The van der Waals surface area contributed by atoms with Crippen molar-refractivity contribution in [2.24, 2.45) is 5.41 Å². The highest BCUT2D eigenvalue weighted by Crippen LogP contribution is 2.49. The molecule has 0 bridgehead atoms. The Morgan fingerprint density at radius 1 is 0.643 bits per heavy atom. The van der Waals surface area contributed by atoms with Gasteiger partial charge in [0.1, 0.15) is 40.1 Å². The monoisotopic (exact) mass is 1170 g/mol. The molecule has 3 aliphatic heterocycles. The van der Waals surface area contributed by atoms with E-state index in [1.54, 1.807) is 66.4 Å². The molecule has 3 aliphatic rings. The molecule has 3 fully saturated rings. The van der Waals surface area contributed by atoms with Crippen LogP contribution in [0, 0.1) is 5.41 Å². The maximum atomic E-state index is 13.5. The highest BCUT2D eigenvalue weighted by Gasteiger charge is 2.56. The quantitative estimate of drug-likeness (QED) is 0.0329. The van der Waals surface area contributed by atoms with Crippen molar-refractivity contribution >= 4 is 64.8 Å². The minimum absolute atomic E-state index is 0.0248. The molecule has 0 aliphatic carbocycles. The number of aliphatic carboxylic acids is 2. The molecule has 6 atom stereocenters. The van der Waals surface area contributed by atoms with E-state index in [-0.39, 0.29) is 28.5 Å². The van der Waals surface area contributed by atoms with Gasteiger partial charge in [-0.1, -0.05) is 178 Å². The number of nitrogens with zero attached hydrogens (tertiary/aromatic N) is 1. The van der Waals surface area contributed by atoms with Gasteiger partial charge in [-0.2, -0.15) is 0 Å². The first kappa shape index (κ1) is 60.1. The summed E-state index contributed by atoms with van der Waals surface area (Å²) in [4.78, 5) is 75.6. The van der Waals surface area contributed by atoms with Gasteiger partial charge in [-0.15, -0.1) is 23.5 Å². The Morgan fingerprint density at radius 2 is 1.15 bits per heavy atom. The number of hydrogen-bond acceptors (Lipinski definition) is 13. The van der Waals surface area contributed by atoms with Gasteiger partial charge >= 0.3 is 11.9 Å².